The van der Waals surface area contributed by atoms with Crippen LogP contribution < -0.4 is 5.32 Å². The van der Waals surface area contributed by atoms with E-state index < -0.39 is 0 Å². The molecular formula is C12H24N2O. The molecule has 1 N–H and O–H groups in total. The number of hydrogen-bond acceptors (Lipinski definition) is 1. The number of carbonyl (C=O) groups is 1. The van der Waals surface area contributed by atoms with Crippen LogP contribution in [0.5, 0.6) is 0 Å². The van der Waals surface area contributed by atoms with Crippen LogP contribution >= 0.6 is 0 Å². The Morgan fingerprint density at radius 2 is 1.80 bits per heavy atom. The molecule has 1 aliphatic heterocycles. The number of carbonyl (C=O) groups excluding carboxylic acids is 1. The van der Waals surface area contributed by atoms with Crippen molar-refractivity contribution in [1.82, 2.24) is 10.2 Å². The molecule has 1 rings (SSSR count). The van der Waals surface area contributed by atoms with Crippen LogP contribution in [0.1, 0.15) is 46.5 Å². The molecule has 0 bridgehead atoms. The lowest BCUT2D eigenvalue weighted by Crippen LogP contribution is -2.46. The van der Waals surface area contributed by atoms with Crippen molar-refractivity contribution in [2.75, 3.05) is 13.1 Å². The van der Waals surface area contributed by atoms with Gasteiger partial charge in [0.25, 0.3) is 0 Å². The molecule has 0 aromatic rings. The predicted molar refractivity (Wildman–Crippen MR) is 62.9 cm³/mol. The first-order chi connectivity index (χ1) is 7.09. The summed E-state index contributed by atoms with van der Waals surface area (Å²) in [6, 6.07) is 0.419. The summed E-state index contributed by atoms with van der Waals surface area (Å²) in [5.74, 6) is 0.640. The third-order valence-electron chi connectivity index (χ3n) is 2.84. The molecule has 3 heteroatoms. The van der Waals surface area contributed by atoms with E-state index in [1.165, 1.54) is 6.42 Å². The molecule has 1 fully saturated rings. The maximum Gasteiger partial charge on any atom is 0.317 e. The highest BCUT2D eigenvalue weighted by Crippen LogP contribution is 2.10. The van der Waals surface area contributed by atoms with Gasteiger partial charge in [0.1, 0.15) is 0 Å². The Balaban J connectivity index is 2.27. The lowest BCUT2D eigenvalue weighted by atomic mass is 10.1. The molecule has 3 nitrogen and oxygen atoms in total. The van der Waals surface area contributed by atoms with Gasteiger partial charge in [-0.1, -0.05) is 13.8 Å². The van der Waals surface area contributed by atoms with Gasteiger partial charge in [-0.15, -0.1) is 0 Å². The number of piperidine rings is 1. The van der Waals surface area contributed by atoms with E-state index in [0.717, 1.165) is 32.4 Å². The monoisotopic (exact) mass is 212 g/mol. The fourth-order valence-corrected chi connectivity index (χ4v) is 2.17. The second-order valence-electron chi connectivity index (χ2n) is 5.03. The zero-order valence-electron chi connectivity index (χ0n) is 10.3. The van der Waals surface area contributed by atoms with E-state index in [9.17, 15) is 4.79 Å². The van der Waals surface area contributed by atoms with Crippen LogP contribution in [0, 0.1) is 5.92 Å². The smallest absolute Gasteiger partial charge is 0.317 e. The maximum atomic E-state index is 11.8. The third kappa shape index (κ3) is 4.54. The molecule has 0 aliphatic carbocycles. The van der Waals surface area contributed by atoms with Crippen LogP contribution in [-0.2, 0) is 0 Å². The largest absolute Gasteiger partial charge is 0.336 e. The van der Waals surface area contributed by atoms with Gasteiger partial charge in [0.2, 0.25) is 0 Å². The average molecular weight is 212 g/mol. The molecule has 1 unspecified atom stereocenters. The first-order valence-corrected chi connectivity index (χ1v) is 6.15. The first-order valence-electron chi connectivity index (χ1n) is 6.15. The van der Waals surface area contributed by atoms with E-state index in [1.54, 1.807) is 0 Å². The summed E-state index contributed by atoms with van der Waals surface area (Å²) >= 11 is 0. The Morgan fingerprint density at radius 1 is 1.20 bits per heavy atom. The second-order valence-corrected chi connectivity index (χ2v) is 5.03. The Labute approximate surface area is 93.2 Å². The van der Waals surface area contributed by atoms with Crippen molar-refractivity contribution < 1.29 is 4.79 Å². The topological polar surface area (TPSA) is 32.3 Å². The predicted octanol–water partition coefficient (Wildman–Crippen LogP) is 2.62. The summed E-state index contributed by atoms with van der Waals surface area (Å²) in [7, 11) is 0. The van der Waals surface area contributed by atoms with Crippen molar-refractivity contribution >= 4 is 6.03 Å². The fraction of sp³-hybridized carbons (Fsp3) is 0.917. The van der Waals surface area contributed by atoms with Crippen LogP contribution in [0.4, 0.5) is 4.79 Å². The van der Waals surface area contributed by atoms with Gasteiger partial charge in [-0.25, -0.2) is 4.79 Å². The molecule has 0 aromatic heterocycles. The minimum atomic E-state index is 0.128. The summed E-state index contributed by atoms with van der Waals surface area (Å²) < 4.78 is 0. The molecule has 1 atom stereocenters. The Morgan fingerprint density at radius 3 is 2.33 bits per heavy atom. The molecule has 0 aromatic carbocycles. The van der Waals surface area contributed by atoms with Gasteiger partial charge in [-0.2, -0.15) is 0 Å². The van der Waals surface area contributed by atoms with Crippen molar-refractivity contribution in [2.24, 2.45) is 5.92 Å². The molecule has 1 aliphatic rings. The zero-order chi connectivity index (χ0) is 11.3. The van der Waals surface area contributed by atoms with E-state index in [0.29, 0.717) is 12.0 Å². The van der Waals surface area contributed by atoms with Gasteiger partial charge in [0, 0.05) is 19.1 Å². The molecular weight excluding hydrogens is 188 g/mol. The molecule has 88 valence electrons. The molecule has 2 amide bonds. The third-order valence-corrected chi connectivity index (χ3v) is 2.84. The van der Waals surface area contributed by atoms with Crippen molar-refractivity contribution in [3.05, 3.63) is 0 Å². The summed E-state index contributed by atoms with van der Waals surface area (Å²) in [5, 5.41) is 3.07. The van der Waals surface area contributed by atoms with Gasteiger partial charge in [0.05, 0.1) is 0 Å². The van der Waals surface area contributed by atoms with E-state index in [4.69, 9.17) is 0 Å². The normalized spacial score (nSPS) is 19.1. The number of nitrogens with zero attached hydrogens (tertiary/aromatic N) is 1. The Bertz CT molecular complexity index is 198. The van der Waals surface area contributed by atoms with Crippen molar-refractivity contribution in [3.63, 3.8) is 0 Å². The molecule has 0 radical (unpaired) electrons. The number of nitrogens with one attached hydrogen (secondary N) is 1. The van der Waals surface area contributed by atoms with Crippen LogP contribution in [0.15, 0.2) is 0 Å². The van der Waals surface area contributed by atoms with Gasteiger partial charge in [0.15, 0.2) is 0 Å². The minimum Gasteiger partial charge on any atom is -0.336 e. The summed E-state index contributed by atoms with van der Waals surface area (Å²) in [4.78, 5) is 13.7. The summed E-state index contributed by atoms with van der Waals surface area (Å²) in [6.07, 6.45) is 4.64. The molecule has 0 saturated carbocycles. The molecule has 1 heterocycles. The highest BCUT2D eigenvalue weighted by molar-refractivity contribution is 5.74. The standard InChI is InChI=1S/C12H24N2O/c1-10(2)9-11(3)13-12(15)14-7-5-4-6-8-14/h10-11H,4-9H2,1-3H3,(H,13,15). The minimum absolute atomic E-state index is 0.128. The highest BCUT2D eigenvalue weighted by atomic mass is 16.2. The van der Waals surface area contributed by atoms with E-state index in [1.807, 2.05) is 4.90 Å². The van der Waals surface area contributed by atoms with Crippen LogP contribution in [0.2, 0.25) is 0 Å². The Hall–Kier alpha value is -0.730. The molecule has 15 heavy (non-hydrogen) atoms. The highest BCUT2D eigenvalue weighted by Gasteiger charge is 2.17. The number of hydrogen-bond donors (Lipinski definition) is 1. The van der Waals surface area contributed by atoms with Gasteiger partial charge in [-0.05, 0) is 38.5 Å². The molecule has 1 saturated heterocycles. The van der Waals surface area contributed by atoms with Gasteiger partial charge in [-0.3, -0.25) is 0 Å². The van der Waals surface area contributed by atoms with Gasteiger partial charge < -0.3 is 10.2 Å². The Kier molecular flexibility index (Phi) is 4.92. The van der Waals surface area contributed by atoms with E-state index >= 15 is 0 Å². The quantitative estimate of drug-likeness (QED) is 0.766. The van der Waals surface area contributed by atoms with Crippen molar-refractivity contribution in [1.29, 1.82) is 0 Å². The van der Waals surface area contributed by atoms with E-state index in [-0.39, 0.29) is 6.03 Å². The summed E-state index contributed by atoms with van der Waals surface area (Å²) in [5.41, 5.74) is 0. The zero-order valence-corrected chi connectivity index (χ0v) is 10.3. The van der Waals surface area contributed by atoms with Crippen molar-refractivity contribution in [2.45, 2.75) is 52.5 Å². The lowest BCUT2D eigenvalue weighted by molar-refractivity contribution is 0.182. The van der Waals surface area contributed by atoms with Crippen LogP contribution in [0.3, 0.4) is 0 Å². The summed E-state index contributed by atoms with van der Waals surface area (Å²) in [6.45, 7) is 8.31. The van der Waals surface area contributed by atoms with Crippen LogP contribution in [-0.4, -0.2) is 30.1 Å². The fourth-order valence-electron chi connectivity index (χ4n) is 2.17. The number of likely N-dealkylation sites (tertiary alicyclic amines) is 1. The SMILES string of the molecule is CC(C)CC(C)NC(=O)N1CCCCC1. The average Bonchev–Trinajstić information content (AvgIpc) is 2.17. The van der Waals surface area contributed by atoms with Crippen molar-refractivity contribution in [3.8, 4) is 0 Å². The van der Waals surface area contributed by atoms with Gasteiger partial charge >= 0.3 is 6.03 Å². The number of amides is 2. The maximum absolute atomic E-state index is 11.8. The number of urea groups is 1. The molecule has 0 spiro atoms. The van der Waals surface area contributed by atoms with E-state index in [2.05, 4.69) is 26.1 Å². The van der Waals surface area contributed by atoms with Crippen LogP contribution in [0.25, 0.3) is 0 Å². The first kappa shape index (κ1) is 12.3. The number of rotatable bonds is 3. The lowest BCUT2D eigenvalue weighted by Gasteiger charge is -2.28. The second kappa shape index (κ2) is 5.99.